The zero-order valence-electron chi connectivity index (χ0n) is 11.4. The molecule has 2 rings (SSSR count). The summed E-state index contributed by atoms with van der Waals surface area (Å²) in [7, 11) is 0. The number of para-hydroxylation sites is 1. The number of aliphatic carboxylic acids is 1. The van der Waals surface area contributed by atoms with Crippen molar-refractivity contribution in [1.82, 2.24) is 0 Å². The van der Waals surface area contributed by atoms with E-state index in [2.05, 4.69) is 0 Å². The van der Waals surface area contributed by atoms with E-state index in [4.69, 9.17) is 4.74 Å². The SMILES string of the molecule is O=C(O)[C@H](Cc1cccc(C(F)(F)F)c1)Oc1ccccc1. The minimum Gasteiger partial charge on any atom is -0.478 e. The van der Waals surface area contributed by atoms with Gasteiger partial charge in [-0.2, -0.15) is 13.2 Å². The number of carboxylic acid groups (broad SMARTS) is 1. The third-order valence-corrected chi connectivity index (χ3v) is 2.97. The standard InChI is InChI=1S/C16H13F3O3/c17-16(18,19)12-6-4-5-11(9-12)10-14(15(20)21)22-13-7-2-1-3-8-13/h1-9,14H,10H2,(H,20,21)/t14-/m0/s1. The summed E-state index contributed by atoms with van der Waals surface area (Å²) in [6.45, 7) is 0. The fourth-order valence-corrected chi connectivity index (χ4v) is 1.93. The summed E-state index contributed by atoms with van der Waals surface area (Å²) in [6.07, 6.45) is -5.88. The van der Waals surface area contributed by atoms with Gasteiger partial charge in [0.2, 0.25) is 0 Å². The Labute approximate surface area is 125 Å². The molecule has 0 aliphatic heterocycles. The maximum Gasteiger partial charge on any atom is 0.416 e. The van der Waals surface area contributed by atoms with Gasteiger partial charge in [0.25, 0.3) is 0 Å². The number of hydrogen-bond acceptors (Lipinski definition) is 2. The number of ether oxygens (including phenoxy) is 1. The quantitative estimate of drug-likeness (QED) is 0.914. The smallest absolute Gasteiger partial charge is 0.416 e. The summed E-state index contributed by atoms with van der Waals surface area (Å²) in [5, 5.41) is 9.18. The van der Waals surface area contributed by atoms with Crippen LogP contribution in [0.4, 0.5) is 13.2 Å². The lowest BCUT2D eigenvalue weighted by Gasteiger charge is -2.16. The lowest BCUT2D eigenvalue weighted by atomic mass is 10.0. The molecule has 0 spiro atoms. The molecule has 1 atom stereocenters. The Hall–Kier alpha value is -2.50. The van der Waals surface area contributed by atoms with Gasteiger partial charge in [-0.3, -0.25) is 0 Å². The van der Waals surface area contributed by atoms with Gasteiger partial charge < -0.3 is 9.84 Å². The Balaban J connectivity index is 2.16. The summed E-state index contributed by atoms with van der Waals surface area (Å²) in [6, 6.07) is 12.8. The van der Waals surface area contributed by atoms with E-state index < -0.39 is 23.8 Å². The molecule has 0 heterocycles. The van der Waals surface area contributed by atoms with Crippen LogP contribution in [-0.2, 0) is 17.4 Å². The van der Waals surface area contributed by atoms with Crippen LogP contribution < -0.4 is 4.74 Å². The second-order valence-electron chi connectivity index (χ2n) is 4.66. The van der Waals surface area contributed by atoms with Crippen LogP contribution in [0, 0.1) is 0 Å². The highest BCUT2D eigenvalue weighted by molar-refractivity contribution is 5.73. The van der Waals surface area contributed by atoms with Gasteiger partial charge >= 0.3 is 12.1 Å². The van der Waals surface area contributed by atoms with Gasteiger partial charge in [0.1, 0.15) is 5.75 Å². The molecule has 0 saturated carbocycles. The molecule has 2 aromatic rings. The molecule has 0 bridgehead atoms. The fraction of sp³-hybridized carbons (Fsp3) is 0.188. The van der Waals surface area contributed by atoms with Gasteiger partial charge in [-0.1, -0.05) is 36.4 Å². The number of carbonyl (C=O) groups is 1. The van der Waals surface area contributed by atoms with Crippen LogP contribution in [0.3, 0.4) is 0 Å². The number of carboxylic acids is 1. The number of hydrogen-bond donors (Lipinski definition) is 1. The molecule has 22 heavy (non-hydrogen) atoms. The van der Waals surface area contributed by atoms with Crippen molar-refractivity contribution in [2.24, 2.45) is 0 Å². The Kier molecular flexibility index (Phi) is 4.70. The van der Waals surface area contributed by atoms with E-state index in [1.54, 1.807) is 30.3 Å². The predicted octanol–water partition coefficient (Wildman–Crippen LogP) is 3.78. The lowest BCUT2D eigenvalue weighted by Crippen LogP contribution is -2.29. The minimum atomic E-state index is -4.46. The Morgan fingerprint density at radius 2 is 1.77 bits per heavy atom. The zero-order valence-corrected chi connectivity index (χ0v) is 11.4. The third kappa shape index (κ3) is 4.25. The largest absolute Gasteiger partial charge is 0.478 e. The number of halogens is 3. The molecule has 1 N–H and O–H groups in total. The van der Waals surface area contributed by atoms with Crippen molar-refractivity contribution in [2.75, 3.05) is 0 Å². The van der Waals surface area contributed by atoms with Crippen LogP contribution in [0.1, 0.15) is 11.1 Å². The molecule has 2 aromatic carbocycles. The summed E-state index contributed by atoms with van der Waals surface area (Å²) in [4.78, 5) is 11.2. The molecule has 116 valence electrons. The molecule has 6 heteroatoms. The lowest BCUT2D eigenvalue weighted by molar-refractivity contribution is -0.145. The normalized spacial score (nSPS) is 12.7. The Morgan fingerprint density at radius 1 is 1.09 bits per heavy atom. The molecule has 3 nitrogen and oxygen atoms in total. The van der Waals surface area contributed by atoms with E-state index in [9.17, 15) is 23.1 Å². The molecular weight excluding hydrogens is 297 g/mol. The first kappa shape index (κ1) is 15.9. The van der Waals surface area contributed by atoms with E-state index in [1.165, 1.54) is 12.1 Å². The van der Waals surface area contributed by atoms with Gasteiger partial charge in [0, 0.05) is 6.42 Å². The van der Waals surface area contributed by atoms with Gasteiger partial charge in [-0.25, -0.2) is 4.79 Å². The predicted molar refractivity (Wildman–Crippen MR) is 73.6 cm³/mol. The van der Waals surface area contributed by atoms with Crippen molar-refractivity contribution in [3.63, 3.8) is 0 Å². The van der Waals surface area contributed by atoms with Crippen LogP contribution >= 0.6 is 0 Å². The Bertz CT molecular complexity index is 639. The third-order valence-electron chi connectivity index (χ3n) is 2.97. The number of alkyl halides is 3. The second-order valence-corrected chi connectivity index (χ2v) is 4.66. The Morgan fingerprint density at radius 3 is 2.36 bits per heavy atom. The summed E-state index contributed by atoms with van der Waals surface area (Å²) in [5.74, 6) is -0.886. The first-order valence-corrected chi connectivity index (χ1v) is 6.47. The highest BCUT2D eigenvalue weighted by Crippen LogP contribution is 2.29. The molecule has 0 amide bonds. The van der Waals surface area contributed by atoms with Crippen molar-refractivity contribution in [2.45, 2.75) is 18.7 Å². The zero-order chi connectivity index (χ0) is 16.2. The second kappa shape index (κ2) is 6.51. The van der Waals surface area contributed by atoms with Gasteiger partial charge in [-0.15, -0.1) is 0 Å². The van der Waals surface area contributed by atoms with E-state index in [0.29, 0.717) is 5.75 Å². The molecule has 0 aliphatic carbocycles. The number of rotatable bonds is 5. The average molecular weight is 310 g/mol. The van der Waals surface area contributed by atoms with Gasteiger partial charge in [0.05, 0.1) is 5.56 Å². The van der Waals surface area contributed by atoms with Crippen molar-refractivity contribution in [1.29, 1.82) is 0 Å². The van der Waals surface area contributed by atoms with Crippen LogP contribution in [0.15, 0.2) is 54.6 Å². The van der Waals surface area contributed by atoms with E-state index in [-0.39, 0.29) is 12.0 Å². The topological polar surface area (TPSA) is 46.5 Å². The van der Waals surface area contributed by atoms with Crippen molar-refractivity contribution in [3.8, 4) is 5.75 Å². The molecule has 0 fully saturated rings. The highest BCUT2D eigenvalue weighted by Gasteiger charge is 2.31. The van der Waals surface area contributed by atoms with E-state index in [0.717, 1.165) is 12.1 Å². The van der Waals surface area contributed by atoms with Gasteiger partial charge in [0.15, 0.2) is 6.10 Å². The van der Waals surface area contributed by atoms with Crippen LogP contribution in [0.5, 0.6) is 5.75 Å². The first-order chi connectivity index (χ1) is 10.4. The molecule has 0 aliphatic rings. The fourth-order valence-electron chi connectivity index (χ4n) is 1.93. The van der Waals surface area contributed by atoms with Crippen LogP contribution in [0.25, 0.3) is 0 Å². The molecule has 0 aromatic heterocycles. The van der Waals surface area contributed by atoms with Crippen molar-refractivity contribution < 1.29 is 27.8 Å². The highest BCUT2D eigenvalue weighted by atomic mass is 19.4. The van der Waals surface area contributed by atoms with Crippen molar-refractivity contribution >= 4 is 5.97 Å². The molecule has 0 radical (unpaired) electrons. The van der Waals surface area contributed by atoms with Crippen molar-refractivity contribution in [3.05, 3.63) is 65.7 Å². The first-order valence-electron chi connectivity index (χ1n) is 6.47. The average Bonchev–Trinajstić information content (AvgIpc) is 2.47. The van der Waals surface area contributed by atoms with Crippen LogP contribution in [0.2, 0.25) is 0 Å². The maximum atomic E-state index is 12.7. The minimum absolute atomic E-state index is 0.159. The van der Waals surface area contributed by atoms with Crippen LogP contribution in [-0.4, -0.2) is 17.2 Å². The monoisotopic (exact) mass is 310 g/mol. The summed E-state index contributed by atoms with van der Waals surface area (Å²) >= 11 is 0. The van der Waals surface area contributed by atoms with E-state index >= 15 is 0 Å². The molecular formula is C16H13F3O3. The molecule has 0 saturated heterocycles. The number of benzene rings is 2. The summed E-state index contributed by atoms with van der Waals surface area (Å²) in [5.41, 5.74) is -0.563. The molecule has 0 unspecified atom stereocenters. The van der Waals surface area contributed by atoms with Gasteiger partial charge in [-0.05, 0) is 23.8 Å². The maximum absolute atomic E-state index is 12.7. The van der Waals surface area contributed by atoms with E-state index in [1.807, 2.05) is 0 Å². The summed E-state index contributed by atoms with van der Waals surface area (Å²) < 4.78 is 43.3.